The summed E-state index contributed by atoms with van der Waals surface area (Å²) in [7, 11) is 1.99. The molecule has 108 valence electrons. The van der Waals surface area contributed by atoms with Gasteiger partial charge in [-0.25, -0.2) is 0 Å². The van der Waals surface area contributed by atoms with Crippen molar-refractivity contribution < 1.29 is 0 Å². The van der Waals surface area contributed by atoms with E-state index in [0.717, 1.165) is 25.6 Å². The second kappa shape index (κ2) is 6.53. The van der Waals surface area contributed by atoms with Crippen molar-refractivity contribution in [1.29, 1.82) is 0 Å². The summed E-state index contributed by atoms with van der Waals surface area (Å²) in [6.45, 7) is 10.1. The molecule has 1 fully saturated rings. The Morgan fingerprint density at radius 1 is 1.47 bits per heavy atom. The molecular formula is C15H28N4. The van der Waals surface area contributed by atoms with Crippen LogP contribution in [0, 0.1) is 5.92 Å². The zero-order chi connectivity index (χ0) is 13.8. The topological polar surface area (TPSA) is 33.1 Å². The lowest BCUT2D eigenvalue weighted by atomic mass is 9.95. The Balaban J connectivity index is 2.01. The standard InChI is InChI=1S/C15H28N4/c1-5-12(3)15-11-19(14(6-2)9-16-15)10-13-7-8-18(4)17-13/h7-8,12,14-16H,5-6,9-11H2,1-4H3. The summed E-state index contributed by atoms with van der Waals surface area (Å²) in [4.78, 5) is 2.61. The van der Waals surface area contributed by atoms with Crippen LogP contribution in [0.3, 0.4) is 0 Å². The largest absolute Gasteiger partial charge is 0.311 e. The fraction of sp³-hybridized carbons (Fsp3) is 0.800. The third-order valence-corrected chi connectivity index (χ3v) is 4.50. The Morgan fingerprint density at radius 2 is 2.26 bits per heavy atom. The molecule has 0 aliphatic carbocycles. The highest BCUT2D eigenvalue weighted by Gasteiger charge is 2.29. The first-order chi connectivity index (χ1) is 9.13. The predicted octanol–water partition coefficient (Wildman–Crippen LogP) is 2.02. The molecule has 1 N–H and O–H groups in total. The van der Waals surface area contributed by atoms with Gasteiger partial charge in [0.15, 0.2) is 0 Å². The van der Waals surface area contributed by atoms with Crippen LogP contribution in [0.15, 0.2) is 12.3 Å². The Hall–Kier alpha value is -0.870. The molecule has 0 bridgehead atoms. The minimum absolute atomic E-state index is 0.622. The summed E-state index contributed by atoms with van der Waals surface area (Å²) in [5, 5.41) is 8.24. The van der Waals surface area contributed by atoms with E-state index in [9.17, 15) is 0 Å². The van der Waals surface area contributed by atoms with E-state index >= 15 is 0 Å². The lowest BCUT2D eigenvalue weighted by molar-refractivity contribution is 0.0979. The fourth-order valence-electron chi connectivity index (χ4n) is 2.90. The van der Waals surface area contributed by atoms with Crippen LogP contribution in [0.1, 0.15) is 39.3 Å². The van der Waals surface area contributed by atoms with Crippen molar-refractivity contribution in [1.82, 2.24) is 20.0 Å². The number of aryl methyl sites for hydroxylation is 1. The van der Waals surface area contributed by atoms with Crippen LogP contribution in [-0.2, 0) is 13.6 Å². The molecule has 1 aliphatic rings. The van der Waals surface area contributed by atoms with Crippen molar-refractivity contribution in [3.8, 4) is 0 Å². The van der Waals surface area contributed by atoms with Gasteiger partial charge in [-0.3, -0.25) is 9.58 Å². The summed E-state index contributed by atoms with van der Waals surface area (Å²) < 4.78 is 1.89. The van der Waals surface area contributed by atoms with Crippen molar-refractivity contribution in [3.63, 3.8) is 0 Å². The van der Waals surface area contributed by atoms with Crippen LogP contribution in [0.5, 0.6) is 0 Å². The molecule has 4 heteroatoms. The molecule has 3 unspecified atom stereocenters. The van der Waals surface area contributed by atoms with E-state index in [4.69, 9.17) is 0 Å². The number of rotatable bonds is 5. The highest BCUT2D eigenvalue weighted by molar-refractivity contribution is 5.00. The number of hydrogen-bond donors (Lipinski definition) is 1. The summed E-state index contributed by atoms with van der Waals surface area (Å²) in [5.74, 6) is 0.740. The van der Waals surface area contributed by atoms with Gasteiger partial charge in [0.1, 0.15) is 0 Å². The van der Waals surface area contributed by atoms with Crippen molar-refractivity contribution in [2.75, 3.05) is 13.1 Å². The van der Waals surface area contributed by atoms with Gasteiger partial charge >= 0.3 is 0 Å². The molecule has 3 atom stereocenters. The average Bonchev–Trinajstić information content (AvgIpc) is 2.83. The summed E-state index contributed by atoms with van der Waals surface area (Å²) in [6, 6.07) is 3.39. The maximum absolute atomic E-state index is 4.52. The SMILES string of the molecule is CCC(C)C1CN(Cc2ccn(C)n2)C(CC)CN1. The number of nitrogens with one attached hydrogen (secondary N) is 1. The Morgan fingerprint density at radius 3 is 2.84 bits per heavy atom. The molecule has 1 aliphatic heterocycles. The van der Waals surface area contributed by atoms with Crippen LogP contribution in [0.2, 0.25) is 0 Å². The third kappa shape index (κ3) is 3.57. The van der Waals surface area contributed by atoms with Gasteiger partial charge in [0, 0.05) is 45.0 Å². The van der Waals surface area contributed by atoms with Gasteiger partial charge in [-0.15, -0.1) is 0 Å². The van der Waals surface area contributed by atoms with E-state index in [1.54, 1.807) is 0 Å². The minimum atomic E-state index is 0.622. The number of hydrogen-bond acceptors (Lipinski definition) is 3. The lowest BCUT2D eigenvalue weighted by Crippen LogP contribution is -2.57. The monoisotopic (exact) mass is 264 g/mol. The smallest absolute Gasteiger partial charge is 0.0764 e. The highest BCUT2D eigenvalue weighted by atomic mass is 15.3. The molecular weight excluding hydrogens is 236 g/mol. The summed E-state index contributed by atoms with van der Waals surface area (Å²) in [5.41, 5.74) is 1.19. The van der Waals surface area contributed by atoms with E-state index in [1.807, 2.05) is 17.9 Å². The van der Waals surface area contributed by atoms with Crippen molar-refractivity contribution >= 4 is 0 Å². The average molecular weight is 264 g/mol. The predicted molar refractivity (Wildman–Crippen MR) is 78.9 cm³/mol. The Kier molecular flexibility index (Phi) is 4.99. The van der Waals surface area contributed by atoms with E-state index in [2.05, 4.69) is 42.2 Å². The number of nitrogens with zero attached hydrogens (tertiary/aromatic N) is 3. The van der Waals surface area contributed by atoms with Crippen LogP contribution >= 0.6 is 0 Å². The van der Waals surface area contributed by atoms with Gasteiger partial charge in [0.2, 0.25) is 0 Å². The molecule has 0 saturated carbocycles. The first kappa shape index (κ1) is 14.5. The molecule has 2 rings (SSSR count). The summed E-state index contributed by atoms with van der Waals surface area (Å²) in [6.07, 6.45) is 4.48. The van der Waals surface area contributed by atoms with Crippen molar-refractivity contribution in [3.05, 3.63) is 18.0 Å². The van der Waals surface area contributed by atoms with E-state index in [0.29, 0.717) is 12.1 Å². The second-order valence-corrected chi connectivity index (χ2v) is 5.87. The molecule has 1 saturated heterocycles. The molecule has 4 nitrogen and oxygen atoms in total. The number of aromatic nitrogens is 2. The van der Waals surface area contributed by atoms with Gasteiger partial charge < -0.3 is 5.32 Å². The Bertz CT molecular complexity index is 387. The molecule has 2 heterocycles. The normalized spacial score (nSPS) is 26.5. The molecule has 0 aromatic carbocycles. The maximum Gasteiger partial charge on any atom is 0.0764 e. The van der Waals surface area contributed by atoms with Gasteiger partial charge in [0.25, 0.3) is 0 Å². The molecule has 0 spiro atoms. The molecule has 0 amide bonds. The van der Waals surface area contributed by atoms with E-state index in [-0.39, 0.29) is 0 Å². The number of piperazine rings is 1. The highest BCUT2D eigenvalue weighted by Crippen LogP contribution is 2.19. The minimum Gasteiger partial charge on any atom is -0.311 e. The molecule has 1 aromatic heterocycles. The van der Waals surface area contributed by atoms with Gasteiger partial charge in [-0.05, 0) is 18.4 Å². The zero-order valence-electron chi connectivity index (χ0n) is 12.8. The maximum atomic E-state index is 4.52. The van der Waals surface area contributed by atoms with Crippen LogP contribution in [0.25, 0.3) is 0 Å². The summed E-state index contributed by atoms with van der Waals surface area (Å²) >= 11 is 0. The fourth-order valence-corrected chi connectivity index (χ4v) is 2.90. The molecule has 0 radical (unpaired) electrons. The van der Waals surface area contributed by atoms with Gasteiger partial charge in [0.05, 0.1) is 5.69 Å². The molecule has 19 heavy (non-hydrogen) atoms. The van der Waals surface area contributed by atoms with Crippen LogP contribution < -0.4 is 5.32 Å². The lowest BCUT2D eigenvalue weighted by Gasteiger charge is -2.41. The van der Waals surface area contributed by atoms with Crippen molar-refractivity contribution in [2.45, 2.75) is 52.2 Å². The van der Waals surface area contributed by atoms with E-state index in [1.165, 1.54) is 18.5 Å². The second-order valence-electron chi connectivity index (χ2n) is 5.87. The molecule has 1 aromatic rings. The van der Waals surface area contributed by atoms with Gasteiger partial charge in [-0.2, -0.15) is 5.10 Å². The first-order valence-electron chi connectivity index (χ1n) is 7.60. The van der Waals surface area contributed by atoms with Crippen LogP contribution in [0.4, 0.5) is 0 Å². The van der Waals surface area contributed by atoms with Gasteiger partial charge in [-0.1, -0.05) is 27.2 Å². The zero-order valence-corrected chi connectivity index (χ0v) is 12.8. The third-order valence-electron chi connectivity index (χ3n) is 4.50. The Labute approximate surface area is 117 Å². The van der Waals surface area contributed by atoms with E-state index < -0.39 is 0 Å². The first-order valence-corrected chi connectivity index (χ1v) is 7.60. The quantitative estimate of drug-likeness (QED) is 0.883. The van der Waals surface area contributed by atoms with Crippen molar-refractivity contribution in [2.24, 2.45) is 13.0 Å². The van der Waals surface area contributed by atoms with Crippen LogP contribution in [-0.4, -0.2) is 39.9 Å².